The average molecular weight is 324 g/mol. The molecule has 1 amide bonds. The Balaban J connectivity index is 2.07. The largest absolute Gasteiger partial charge is 0.349 e. The zero-order valence-corrected chi connectivity index (χ0v) is 14.2. The molecule has 0 fully saturated rings. The topological polar surface area (TPSA) is 64.7 Å². The SMILES string of the molecule is CCC(C(=O)NCc1ccn(CC)n1)n1nc(C)c(Cl)c1C. The molecule has 22 heavy (non-hydrogen) atoms. The number of halogens is 1. The third kappa shape index (κ3) is 3.32. The van der Waals surface area contributed by atoms with Gasteiger partial charge in [-0.1, -0.05) is 18.5 Å². The number of nitrogens with one attached hydrogen (secondary N) is 1. The summed E-state index contributed by atoms with van der Waals surface area (Å²) in [5.74, 6) is -0.0733. The Hall–Kier alpha value is -1.82. The second-order valence-corrected chi connectivity index (χ2v) is 5.61. The van der Waals surface area contributed by atoms with Gasteiger partial charge in [-0.15, -0.1) is 0 Å². The summed E-state index contributed by atoms with van der Waals surface area (Å²) in [6.45, 7) is 8.93. The van der Waals surface area contributed by atoms with Crippen LogP contribution in [0.1, 0.15) is 43.4 Å². The summed E-state index contributed by atoms with van der Waals surface area (Å²) in [7, 11) is 0. The summed E-state index contributed by atoms with van der Waals surface area (Å²) in [5, 5.41) is 12.3. The van der Waals surface area contributed by atoms with Crippen molar-refractivity contribution >= 4 is 17.5 Å². The average Bonchev–Trinajstić information content (AvgIpc) is 3.07. The smallest absolute Gasteiger partial charge is 0.245 e. The maximum Gasteiger partial charge on any atom is 0.245 e. The van der Waals surface area contributed by atoms with Crippen molar-refractivity contribution in [3.63, 3.8) is 0 Å². The molecule has 0 bridgehead atoms. The highest BCUT2D eigenvalue weighted by Gasteiger charge is 2.23. The zero-order valence-electron chi connectivity index (χ0n) is 13.4. The monoisotopic (exact) mass is 323 g/mol. The number of amides is 1. The Labute approximate surface area is 135 Å². The Morgan fingerprint density at radius 2 is 2.09 bits per heavy atom. The molecule has 0 radical (unpaired) electrons. The van der Waals surface area contributed by atoms with Crippen molar-refractivity contribution in [2.24, 2.45) is 0 Å². The van der Waals surface area contributed by atoms with E-state index in [1.54, 1.807) is 4.68 Å². The molecule has 2 rings (SSSR count). The molecule has 0 aliphatic heterocycles. The van der Waals surface area contributed by atoms with Crippen LogP contribution in [0.3, 0.4) is 0 Å². The molecule has 2 aromatic heterocycles. The normalized spacial score (nSPS) is 12.4. The maximum atomic E-state index is 12.4. The summed E-state index contributed by atoms with van der Waals surface area (Å²) in [6.07, 6.45) is 2.55. The third-order valence-corrected chi connectivity index (χ3v) is 4.23. The van der Waals surface area contributed by atoms with E-state index in [4.69, 9.17) is 11.6 Å². The molecule has 1 atom stereocenters. The van der Waals surface area contributed by atoms with Gasteiger partial charge >= 0.3 is 0 Å². The van der Waals surface area contributed by atoms with E-state index in [1.807, 2.05) is 44.6 Å². The molecule has 1 N–H and O–H groups in total. The first-order valence-corrected chi connectivity index (χ1v) is 7.86. The van der Waals surface area contributed by atoms with Gasteiger partial charge in [0.05, 0.1) is 28.6 Å². The number of rotatable bonds is 6. The standard InChI is InChI=1S/C15H22ClN5O/c1-5-13(21-11(4)14(16)10(3)18-21)15(22)17-9-12-7-8-20(6-2)19-12/h7-8,13H,5-6,9H2,1-4H3,(H,17,22). The molecule has 2 heterocycles. The lowest BCUT2D eigenvalue weighted by Crippen LogP contribution is -2.33. The minimum atomic E-state index is -0.362. The molecular formula is C15H22ClN5O. The molecule has 0 aliphatic carbocycles. The van der Waals surface area contributed by atoms with Crippen molar-refractivity contribution in [1.82, 2.24) is 24.9 Å². The summed E-state index contributed by atoms with van der Waals surface area (Å²) in [4.78, 5) is 12.4. The number of hydrogen-bond acceptors (Lipinski definition) is 3. The van der Waals surface area contributed by atoms with Gasteiger partial charge in [0.1, 0.15) is 6.04 Å². The molecule has 120 valence electrons. The van der Waals surface area contributed by atoms with Gasteiger partial charge in [0.15, 0.2) is 0 Å². The van der Waals surface area contributed by atoms with Crippen LogP contribution in [0.4, 0.5) is 0 Å². The third-order valence-electron chi connectivity index (χ3n) is 3.68. The van der Waals surface area contributed by atoms with Gasteiger partial charge < -0.3 is 5.32 Å². The van der Waals surface area contributed by atoms with E-state index >= 15 is 0 Å². The second kappa shape index (κ2) is 6.96. The predicted molar refractivity (Wildman–Crippen MR) is 85.8 cm³/mol. The van der Waals surface area contributed by atoms with Crippen LogP contribution in [0.5, 0.6) is 0 Å². The summed E-state index contributed by atoms with van der Waals surface area (Å²) in [5.41, 5.74) is 2.40. The Morgan fingerprint density at radius 1 is 1.36 bits per heavy atom. The van der Waals surface area contributed by atoms with Crippen molar-refractivity contribution in [2.75, 3.05) is 0 Å². The Kier molecular flexibility index (Phi) is 5.24. The van der Waals surface area contributed by atoms with Crippen molar-refractivity contribution in [3.05, 3.63) is 34.4 Å². The van der Waals surface area contributed by atoms with Crippen LogP contribution in [-0.4, -0.2) is 25.5 Å². The maximum absolute atomic E-state index is 12.4. The van der Waals surface area contributed by atoms with Gasteiger partial charge in [-0.2, -0.15) is 10.2 Å². The van der Waals surface area contributed by atoms with Crippen molar-refractivity contribution in [2.45, 2.75) is 53.2 Å². The predicted octanol–water partition coefficient (Wildman–Crippen LogP) is 2.64. The van der Waals surface area contributed by atoms with E-state index in [1.165, 1.54) is 0 Å². The number of carbonyl (C=O) groups is 1. The summed E-state index contributed by atoms with van der Waals surface area (Å²) in [6, 6.07) is 1.55. The minimum Gasteiger partial charge on any atom is -0.349 e. The molecule has 0 spiro atoms. The molecule has 0 saturated heterocycles. The van der Waals surface area contributed by atoms with Crippen LogP contribution in [-0.2, 0) is 17.9 Å². The first kappa shape index (κ1) is 16.5. The molecule has 7 heteroatoms. The van der Waals surface area contributed by atoms with E-state index in [9.17, 15) is 4.79 Å². The number of aryl methyl sites for hydroxylation is 2. The van der Waals surface area contributed by atoms with Crippen LogP contribution in [0, 0.1) is 13.8 Å². The van der Waals surface area contributed by atoms with Gasteiger partial charge in [0.2, 0.25) is 5.91 Å². The Bertz CT molecular complexity index is 661. The fourth-order valence-electron chi connectivity index (χ4n) is 2.39. The van der Waals surface area contributed by atoms with Crippen LogP contribution < -0.4 is 5.32 Å². The molecule has 0 aliphatic rings. The van der Waals surface area contributed by atoms with Crippen LogP contribution in [0.25, 0.3) is 0 Å². The molecule has 0 saturated carbocycles. The highest BCUT2D eigenvalue weighted by Crippen LogP contribution is 2.23. The lowest BCUT2D eigenvalue weighted by Gasteiger charge is -2.17. The first-order valence-electron chi connectivity index (χ1n) is 7.49. The van der Waals surface area contributed by atoms with E-state index in [-0.39, 0.29) is 11.9 Å². The zero-order chi connectivity index (χ0) is 16.3. The quantitative estimate of drug-likeness (QED) is 0.888. The molecular weight excluding hydrogens is 302 g/mol. The van der Waals surface area contributed by atoms with Crippen LogP contribution in [0.15, 0.2) is 12.3 Å². The molecule has 1 unspecified atom stereocenters. The van der Waals surface area contributed by atoms with Crippen molar-refractivity contribution in [3.8, 4) is 0 Å². The number of carbonyl (C=O) groups excluding carboxylic acids is 1. The molecule has 2 aromatic rings. The highest BCUT2D eigenvalue weighted by molar-refractivity contribution is 6.31. The van der Waals surface area contributed by atoms with Gasteiger partial charge in [-0.3, -0.25) is 14.2 Å². The van der Waals surface area contributed by atoms with Crippen molar-refractivity contribution in [1.29, 1.82) is 0 Å². The van der Waals surface area contributed by atoms with Gasteiger partial charge in [-0.05, 0) is 33.3 Å². The fourth-order valence-corrected chi connectivity index (χ4v) is 2.51. The number of hydrogen-bond donors (Lipinski definition) is 1. The van der Waals surface area contributed by atoms with E-state index in [0.29, 0.717) is 18.0 Å². The van der Waals surface area contributed by atoms with E-state index < -0.39 is 0 Å². The lowest BCUT2D eigenvalue weighted by atomic mass is 10.2. The fraction of sp³-hybridized carbons (Fsp3) is 0.533. The van der Waals surface area contributed by atoms with Crippen LogP contribution >= 0.6 is 11.6 Å². The van der Waals surface area contributed by atoms with Crippen molar-refractivity contribution < 1.29 is 4.79 Å². The molecule has 0 aromatic carbocycles. The van der Waals surface area contributed by atoms with E-state index in [2.05, 4.69) is 15.5 Å². The second-order valence-electron chi connectivity index (χ2n) is 5.23. The first-order chi connectivity index (χ1) is 10.5. The minimum absolute atomic E-state index is 0.0733. The van der Waals surface area contributed by atoms with E-state index in [0.717, 1.165) is 23.6 Å². The number of nitrogens with zero attached hydrogens (tertiary/aromatic N) is 4. The van der Waals surface area contributed by atoms with Gasteiger partial charge in [0.25, 0.3) is 0 Å². The van der Waals surface area contributed by atoms with Gasteiger partial charge in [0, 0.05) is 12.7 Å². The lowest BCUT2D eigenvalue weighted by molar-refractivity contribution is -0.124. The number of aromatic nitrogens is 4. The summed E-state index contributed by atoms with van der Waals surface area (Å²) < 4.78 is 3.54. The molecule has 6 nitrogen and oxygen atoms in total. The van der Waals surface area contributed by atoms with Crippen LogP contribution in [0.2, 0.25) is 5.02 Å². The Morgan fingerprint density at radius 3 is 2.59 bits per heavy atom. The highest BCUT2D eigenvalue weighted by atomic mass is 35.5. The summed E-state index contributed by atoms with van der Waals surface area (Å²) >= 11 is 6.17. The van der Waals surface area contributed by atoms with Gasteiger partial charge in [-0.25, -0.2) is 0 Å².